The van der Waals surface area contributed by atoms with Gasteiger partial charge in [0, 0.05) is 18.0 Å². The molecular formula is C15H14N2O2. The first kappa shape index (κ1) is 11.7. The van der Waals surface area contributed by atoms with Crippen LogP contribution >= 0.6 is 0 Å². The molecule has 1 atom stereocenters. The fourth-order valence-electron chi connectivity index (χ4n) is 2.19. The van der Waals surface area contributed by atoms with Gasteiger partial charge in [0.15, 0.2) is 0 Å². The topological polar surface area (TPSA) is 51.2 Å². The molecule has 1 unspecified atom stereocenters. The molecule has 0 bridgehead atoms. The lowest BCUT2D eigenvalue weighted by molar-refractivity contribution is 0.0915. The van der Waals surface area contributed by atoms with Gasteiger partial charge in [0.25, 0.3) is 5.91 Å². The second-order valence-electron chi connectivity index (χ2n) is 4.53. The highest BCUT2D eigenvalue weighted by atomic mass is 16.5. The van der Waals surface area contributed by atoms with Crippen molar-refractivity contribution in [2.24, 2.45) is 0 Å². The van der Waals surface area contributed by atoms with Crippen LogP contribution in [0.1, 0.15) is 15.9 Å². The molecule has 4 heteroatoms. The van der Waals surface area contributed by atoms with E-state index in [0.717, 1.165) is 17.7 Å². The third kappa shape index (κ3) is 2.57. The van der Waals surface area contributed by atoms with Crippen LogP contribution in [0.25, 0.3) is 0 Å². The van der Waals surface area contributed by atoms with E-state index < -0.39 is 0 Å². The van der Waals surface area contributed by atoms with Crippen LogP contribution in [0.2, 0.25) is 0 Å². The summed E-state index contributed by atoms with van der Waals surface area (Å²) in [6.45, 7) is 0.508. The Morgan fingerprint density at radius 1 is 1.21 bits per heavy atom. The number of ether oxygens (including phenoxy) is 1. The molecule has 0 radical (unpaired) electrons. The van der Waals surface area contributed by atoms with Gasteiger partial charge in [-0.25, -0.2) is 0 Å². The van der Waals surface area contributed by atoms with Crippen molar-refractivity contribution in [1.82, 2.24) is 10.3 Å². The maximum absolute atomic E-state index is 12.0. The predicted molar refractivity (Wildman–Crippen MR) is 71.1 cm³/mol. The Morgan fingerprint density at radius 2 is 2.00 bits per heavy atom. The summed E-state index contributed by atoms with van der Waals surface area (Å²) in [6, 6.07) is 11.3. The lowest BCUT2D eigenvalue weighted by Crippen LogP contribution is -2.42. The zero-order chi connectivity index (χ0) is 13.1. The average molecular weight is 254 g/mol. The number of aromatic nitrogens is 1. The molecular weight excluding hydrogens is 240 g/mol. The van der Waals surface area contributed by atoms with Crippen LogP contribution in [0.3, 0.4) is 0 Å². The summed E-state index contributed by atoms with van der Waals surface area (Å²) in [5, 5.41) is 2.98. The highest BCUT2D eigenvalue weighted by Gasteiger charge is 2.21. The van der Waals surface area contributed by atoms with Gasteiger partial charge in [0.2, 0.25) is 0 Å². The minimum atomic E-state index is -0.0876. The van der Waals surface area contributed by atoms with Gasteiger partial charge >= 0.3 is 0 Å². The van der Waals surface area contributed by atoms with Gasteiger partial charge in [-0.3, -0.25) is 9.78 Å². The minimum absolute atomic E-state index is 0.00978. The van der Waals surface area contributed by atoms with E-state index in [2.05, 4.69) is 10.3 Å². The van der Waals surface area contributed by atoms with Crippen molar-refractivity contribution in [3.63, 3.8) is 0 Å². The van der Waals surface area contributed by atoms with Crippen molar-refractivity contribution in [1.29, 1.82) is 0 Å². The number of para-hydroxylation sites is 1. The Hall–Kier alpha value is -2.36. The van der Waals surface area contributed by atoms with Crippen LogP contribution in [-0.2, 0) is 6.42 Å². The number of carbonyl (C=O) groups is 1. The standard InChI is InChI=1S/C15H14N2O2/c18-15(11-5-7-16-8-6-11)17-13-9-12-3-1-2-4-14(12)19-10-13/h1-8,13H,9-10H2,(H,17,18). The number of hydrogen-bond donors (Lipinski definition) is 1. The Labute approximate surface area is 111 Å². The van der Waals surface area contributed by atoms with Crippen LogP contribution in [0.15, 0.2) is 48.8 Å². The Morgan fingerprint density at radius 3 is 2.84 bits per heavy atom. The summed E-state index contributed by atoms with van der Waals surface area (Å²) in [5.41, 5.74) is 1.75. The number of rotatable bonds is 2. The van der Waals surface area contributed by atoms with E-state index in [0.29, 0.717) is 12.2 Å². The maximum atomic E-state index is 12.0. The van der Waals surface area contributed by atoms with Crippen LogP contribution in [0.4, 0.5) is 0 Å². The van der Waals surface area contributed by atoms with Crippen molar-refractivity contribution >= 4 is 5.91 Å². The number of fused-ring (bicyclic) bond motifs is 1. The molecule has 0 saturated carbocycles. The summed E-state index contributed by atoms with van der Waals surface area (Å²) in [6.07, 6.45) is 4.02. The molecule has 0 spiro atoms. The number of pyridine rings is 1. The molecule has 0 aliphatic carbocycles. The summed E-state index contributed by atoms with van der Waals surface area (Å²) >= 11 is 0. The largest absolute Gasteiger partial charge is 0.491 e. The van der Waals surface area contributed by atoms with Gasteiger partial charge in [-0.2, -0.15) is 0 Å². The molecule has 19 heavy (non-hydrogen) atoms. The molecule has 0 fully saturated rings. The van der Waals surface area contributed by atoms with Crippen molar-refractivity contribution in [3.05, 3.63) is 59.9 Å². The molecule has 1 N–H and O–H groups in total. The van der Waals surface area contributed by atoms with E-state index in [9.17, 15) is 4.79 Å². The molecule has 96 valence electrons. The fourth-order valence-corrected chi connectivity index (χ4v) is 2.19. The number of amides is 1. The van der Waals surface area contributed by atoms with Crippen LogP contribution in [0.5, 0.6) is 5.75 Å². The molecule has 2 heterocycles. The highest BCUT2D eigenvalue weighted by Crippen LogP contribution is 2.23. The number of benzene rings is 1. The molecule has 1 aliphatic heterocycles. The molecule has 1 aromatic heterocycles. The maximum Gasteiger partial charge on any atom is 0.251 e. The first-order chi connectivity index (χ1) is 9.33. The smallest absolute Gasteiger partial charge is 0.251 e. The van der Waals surface area contributed by atoms with E-state index in [1.165, 1.54) is 0 Å². The second-order valence-corrected chi connectivity index (χ2v) is 4.53. The van der Waals surface area contributed by atoms with E-state index in [-0.39, 0.29) is 11.9 Å². The number of nitrogens with one attached hydrogen (secondary N) is 1. The normalized spacial score (nSPS) is 17.2. The first-order valence-electron chi connectivity index (χ1n) is 6.24. The third-order valence-electron chi connectivity index (χ3n) is 3.16. The minimum Gasteiger partial charge on any atom is -0.491 e. The van der Waals surface area contributed by atoms with Crippen molar-refractivity contribution in [3.8, 4) is 5.75 Å². The van der Waals surface area contributed by atoms with Crippen LogP contribution < -0.4 is 10.1 Å². The average Bonchev–Trinajstić information content (AvgIpc) is 2.48. The molecule has 1 amide bonds. The summed E-state index contributed by atoms with van der Waals surface area (Å²) in [7, 11) is 0. The Balaban J connectivity index is 1.68. The lowest BCUT2D eigenvalue weighted by Gasteiger charge is -2.26. The van der Waals surface area contributed by atoms with Crippen molar-refractivity contribution < 1.29 is 9.53 Å². The molecule has 4 nitrogen and oxygen atoms in total. The number of nitrogens with zero attached hydrogens (tertiary/aromatic N) is 1. The molecule has 3 rings (SSSR count). The summed E-state index contributed by atoms with van der Waals surface area (Å²) in [4.78, 5) is 15.9. The SMILES string of the molecule is O=C(NC1COc2ccccc2C1)c1ccncc1. The van der Waals surface area contributed by atoms with Crippen LogP contribution in [0, 0.1) is 0 Å². The third-order valence-corrected chi connectivity index (χ3v) is 3.16. The Kier molecular flexibility index (Phi) is 3.14. The van der Waals surface area contributed by atoms with Gasteiger partial charge in [0.05, 0.1) is 6.04 Å². The molecule has 1 aliphatic rings. The Bertz CT molecular complexity index is 584. The molecule has 1 aromatic carbocycles. The second kappa shape index (κ2) is 5.10. The monoisotopic (exact) mass is 254 g/mol. The van der Waals surface area contributed by atoms with E-state index in [1.54, 1.807) is 24.5 Å². The van der Waals surface area contributed by atoms with E-state index in [4.69, 9.17) is 4.74 Å². The number of hydrogen-bond acceptors (Lipinski definition) is 3. The predicted octanol–water partition coefficient (Wildman–Crippen LogP) is 1.82. The summed E-state index contributed by atoms with van der Waals surface area (Å²) in [5.74, 6) is 0.826. The summed E-state index contributed by atoms with van der Waals surface area (Å²) < 4.78 is 5.65. The first-order valence-corrected chi connectivity index (χ1v) is 6.24. The zero-order valence-corrected chi connectivity index (χ0v) is 10.4. The molecule has 0 saturated heterocycles. The van der Waals surface area contributed by atoms with Crippen molar-refractivity contribution in [2.45, 2.75) is 12.5 Å². The van der Waals surface area contributed by atoms with Crippen molar-refractivity contribution in [2.75, 3.05) is 6.61 Å². The number of carbonyl (C=O) groups excluding carboxylic acids is 1. The van der Waals surface area contributed by atoms with Gasteiger partial charge in [-0.1, -0.05) is 18.2 Å². The van der Waals surface area contributed by atoms with Gasteiger partial charge in [-0.05, 0) is 30.2 Å². The quantitative estimate of drug-likeness (QED) is 0.889. The molecule has 2 aromatic rings. The van der Waals surface area contributed by atoms with Gasteiger partial charge < -0.3 is 10.1 Å². The van der Waals surface area contributed by atoms with E-state index in [1.807, 2.05) is 24.3 Å². The lowest BCUT2D eigenvalue weighted by atomic mass is 10.0. The fraction of sp³-hybridized carbons (Fsp3) is 0.200. The van der Waals surface area contributed by atoms with E-state index >= 15 is 0 Å². The zero-order valence-electron chi connectivity index (χ0n) is 10.4. The van der Waals surface area contributed by atoms with Gasteiger partial charge in [-0.15, -0.1) is 0 Å². The van der Waals surface area contributed by atoms with Gasteiger partial charge in [0.1, 0.15) is 12.4 Å². The van der Waals surface area contributed by atoms with Crippen LogP contribution in [-0.4, -0.2) is 23.5 Å². The highest BCUT2D eigenvalue weighted by molar-refractivity contribution is 5.94.